The Morgan fingerprint density at radius 1 is 0.973 bits per heavy atom. The number of halogens is 1. The Morgan fingerprint density at radius 2 is 1.70 bits per heavy atom. The molecule has 3 aromatic rings. The number of amides is 2. The predicted octanol–water partition coefficient (Wildman–Crippen LogP) is 6.26. The van der Waals surface area contributed by atoms with Gasteiger partial charge in [0.2, 0.25) is 5.91 Å². The minimum Gasteiger partial charge on any atom is -0.483 e. The van der Waals surface area contributed by atoms with Crippen LogP contribution in [0.2, 0.25) is 0 Å². The molecule has 0 unspecified atom stereocenters. The van der Waals surface area contributed by atoms with Gasteiger partial charge >= 0.3 is 0 Å². The Labute approximate surface area is 229 Å². The molecule has 0 fully saturated rings. The molecular weight excluding hydrogens is 528 g/mol. The Hall–Kier alpha value is -3.12. The number of nitrogens with zero attached hydrogens (tertiary/aromatic N) is 1. The van der Waals surface area contributed by atoms with Crippen LogP contribution in [0.1, 0.15) is 48.9 Å². The van der Waals surface area contributed by atoms with E-state index in [2.05, 4.69) is 35.1 Å². The van der Waals surface area contributed by atoms with Gasteiger partial charge in [0, 0.05) is 19.5 Å². The number of hydrogen-bond acceptors (Lipinski definition) is 3. The van der Waals surface area contributed by atoms with Gasteiger partial charge in [-0.05, 0) is 70.1 Å². The largest absolute Gasteiger partial charge is 0.483 e. The SMILES string of the molecule is CCCCNC(=O)[C@H](Cc1ccccc1)N(Cc1ccccc1C)C(=O)COc1ccc(CC)cc1Br. The van der Waals surface area contributed by atoms with Crippen LogP contribution >= 0.6 is 15.9 Å². The fourth-order valence-electron chi connectivity index (χ4n) is 4.13. The molecule has 0 aliphatic rings. The van der Waals surface area contributed by atoms with Crippen LogP contribution in [-0.2, 0) is 29.0 Å². The zero-order valence-corrected chi connectivity index (χ0v) is 23.6. The van der Waals surface area contributed by atoms with E-state index < -0.39 is 6.04 Å². The van der Waals surface area contributed by atoms with Crippen LogP contribution in [0.3, 0.4) is 0 Å². The summed E-state index contributed by atoms with van der Waals surface area (Å²) in [4.78, 5) is 28.9. The van der Waals surface area contributed by atoms with E-state index >= 15 is 0 Å². The standard InChI is InChI=1S/C31H37BrN2O3/c1-4-6-18-33-31(36)28(20-25-13-8-7-9-14-25)34(21-26-15-11-10-12-23(26)3)30(35)22-37-29-17-16-24(5-2)19-27(29)32/h7-17,19,28H,4-6,18,20-22H2,1-3H3,(H,33,36)/t28-/m0/s1. The van der Waals surface area contributed by atoms with E-state index in [0.717, 1.165) is 40.4 Å². The van der Waals surface area contributed by atoms with E-state index in [0.29, 0.717) is 25.3 Å². The van der Waals surface area contributed by atoms with Gasteiger partial charge in [-0.1, -0.05) is 80.9 Å². The lowest BCUT2D eigenvalue weighted by Crippen LogP contribution is -2.52. The highest BCUT2D eigenvalue weighted by molar-refractivity contribution is 9.10. The number of aryl methyl sites for hydroxylation is 2. The molecule has 1 N–H and O–H groups in total. The molecule has 0 bridgehead atoms. The first-order chi connectivity index (χ1) is 17.9. The van der Waals surface area contributed by atoms with Crippen LogP contribution in [0.5, 0.6) is 5.75 Å². The van der Waals surface area contributed by atoms with Crippen molar-refractivity contribution in [2.45, 2.75) is 59.0 Å². The lowest BCUT2D eigenvalue weighted by atomic mass is 10.0. The van der Waals surface area contributed by atoms with Crippen molar-refractivity contribution in [3.8, 4) is 5.75 Å². The monoisotopic (exact) mass is 564 g/mol. The van der Waals surface area contributed by atoms with Gasteiger partial charge in [0.1, 0.15) is 11.8 Å². The van der Waals surface area contributed by atoms with Gasteiger partial charge in [0.25, 0.3) is 5.91 Å². The number of benzene rings is 3. The molecule has 0 radical (unpaired) electrons. The van der Waals surface area contributed by atoms with Gasteiger partial charge < -0.3 is 15.0 Å². The molecule has 0 saturated heterocycles. The van der Waals surface area contributed by atoms with Crippen molar-refractivity contribution in [1.29, 1.82) is 0 Å². The van der Waals surface area contributed by atoms with Crippen LogP contribution in [0.25, 0.3) is 0 Å². The number of carbonyl (C=O) groups is 2. The van der Waals surface area contributed by atoms with E-state index in [1.165, 1.54) is 5.56 Å². The van der Waals surface area contributed by atoms with Crippen molar-refractivity contribution in [2.24, 2.45) is 0 Å². The Kier molecular flexibility index (Phi) is 11.2. The second-order valence-corrected chi connectivity index (χ2v) is 10.1. The molecule has 3 rings (SSSR count). The van der Waals surface area contributed by atoms with Crippen LogP contribution in [-0.4, -0.2) is 35.9 Å². The molecule has 5 nitrogen and oxygen atoms in total. The Bertz CT molecular complexity index is 1170. The summed E-state index contributed by atoms with van der Waals surface area (Å²) in [5.41, 5.74) is 4.26. The quantitative estimate of drug-likeness (QED) is 0.249. The van der Waals surface area contributed by atoms with E-state index in [1.807, 2.05) is 79.7 Å². The lowest BCUT2D eigenvalue weighted by Gasteiger charge is -2.32. The molecule has 0 spiro atoms. The number of unbranched alkanes of at least 4 members (excludes halogenated alkanes) is 1. The van der Waals surface area contributed by atoms with E-state index in [1.54, 1.807) is 4.90 Å². The Morgan fingerprint density at radius 3 is 2.38 bits per heavy atom. The third-order valence-corrected chi connectivity index (χ3v) is 7.08. The summed E-state index contributed by atoms with van der Waals surface area (Å²) in [6.45, 7) is 6.94. The summed E-state index contributed by atoms with van der Waals surface area (Å²) in [5, 5.41) is 3.05. The summed E-state index contributed by atoms with van der Waals surface area (Å²) < 4.78 is 6.76. The minimum atomic E-state index is -0.666. The maximum atomic E-state index is 13.7. The van der Waals surface area contributed by atoms with Gasteiger partial charge in [-0.3, -0.25) is 9.59 Å². The smallest absolute Gasteiger partial charge is 0.261 e. The van der Waals surface area contributed by atoms with Crippen LogP contribution in [0.4, 0.5) is 0 Å². The van der Waals surface area contributed by atoms with E-state index in [4.69, 9.17) is 4.74 Å². The topological polar surface area (TPSA) is 58.6 Å². The van der Waals surface area contributed by atoms with Gasteiger partial charge in [0.15, 0.2) is 6.61 Å². The molecule has 0 saturated carbocycles. The summed E-state index contributed by atoms with van der Waals surface area (Å²) in [5.74, 6) is 0.224. The molecule has 2 amide bonds. The maximum Gasteiger partial charge on any atom is 0.261 e. The molecule has 3 aromatic carbocycles. The average molecular weight is 566 g/mol. The normalized spacial score (nSPS) is 11.6. The molecule has 0 aliphatic carbocycles. The molecule has 37 heavy (non-hydrogen) atoms. The number of carbonyl (C=O) groups excluding carboxylic acids is 2. The average Bonchev–Trinajstić information content (AvgIpc) is 2.91. The van der Waals surface area contributed by atoms with Crippen molar-refractivity contribution < 1.29 is 14.3 Å². The van der Waals surface area contributed by atoms with Crippen molar-refractivity contribution >= 4 is 27.7 Å². The second kappa shape index (κ2) is 14.6. The first-order valence-electron chi connectivity index (χ1n) is 13.0. The Balaban J connectivity index is 1.90. The molecule has 0 heterocycles. The zero-order chi connectivity index (χ0) is 26.6. The first kappa shape index (κ1) is 28.5. The van der Waals surface area contributed by atoms with Crippen molar-refractivity contribution in [2.75, 3.05) is 13.2 Å². The summed E-state index contributed by atoms with van der Waals surface area (Å²) in [6, 6.07) is 23.0. The number of rotatable bonds is 13. The van der Waals surface area contributed by atoms with Crippen LogP contribution in [0, 0.1) is 6.92 Å². The highest BCUT2D eigenvalue weighted by Crippen LogP contribution is 2.26. The summed E-state index contributed by atoms with van der Waals surface area (Å²) in [6.07, 6.45) is 3.21. The summed E-state index contributed by atoms with van der Waals surface area (Å²) in [7, 11) is 0. The number of hydrogen-bond donors (Lipinski definition) is 1. The maximum absolute atomic E-state index is 13.7. The molecule has 0 aliphatic heterocycles. The highest BCUT2D eigenvalue weighted by Gasteiger charge is 2.31. The van der Waals surface area contributed by atoms with Gasteiger partial charge in [-0.15, -0.1) is 0 Å². The van der Waals surface area contributed by atoms with Crippen molar-refractivity contribution in [3.63, 3.8) is 0 Å². The molecular formula is C31H37BrN2O3. The first-order valence-corrected chi connectivity index (χ1v) is 13.8. The fraction of sp³-hybridized carbons (Fsp3) is 0.355. The van der Waals surface area contributed by atoms with E-state index in [-0.39, 0.29) is 18.4 Å². The van der Waals surface area contributed by atoms with Gasteiger partial charge in [-0.2, -0.15) is 0 Å². The van der Waals surface area contributed by atoms with Crippen molar-refractivity contribution in [3.05, 3.63) is 99.5 Å². The highest BCUT2D eigenvalue weighted by atomic mass is 79.9. The molecule has 196 valence electrons. The molecule has 0 aromatic heterocycles. The summed E-state index contributed by atoms with van der Waals surface area (Å²) >= 11 is 3.56. The predicted molar refractivity (Wildman–Crippen MR) is 153 cm³/mol. The zero-order valence-electron chi connectivity index (χ0n) is 22.0. The number of nitrogens with one attached hydrogen (secondary N) is 1. The molecule has 1 atom stereocenters. The van der Waals surface area contributed by atoms with Crippen molar-refractivity contribution in [1.82, 2.24) is 10.2 Å². The lowest BCUT2D eigenvalue weighted by molar-refractivity contribution is -0.142. The second-order valence-electron chi connectivity index (χ2n) is 9.21. The van der Waals surface area contributed by atoms with Gasteiger partial charge in [0.05, 0.1) is 4.47 Å². The fourth-order valence-corrected chi connectivity index (χ4v) is 4.68. The van der Waals surface area contributed by atoms with Gasteiger partial charge in [-0.25, -0.2) is 0 Å². The minimum absolute atomic E-state index is 0.146. The third-order valence-electron chi connectivity index (χ3n) is 6.46. The number of ether oxygens (including phenoxy) is 1. The van der Waals surface area contributed by atoms with Crippen LogP contribution in [0.15, 0.2) is 77.3 Å². The third kappa shape index (κ3) is 8.46. The van der Waals surface area contributed by atoms with E-state index in [9.17, 15) is 9.59 Å². The molecule has 6 heteroatoms. The van der Waals surface area contributed by atoms with Crippen LogP contribution < -0.4 is 10.1 Å².